The highest BCUT2D eigenvalue weighted by Crippen LogP contribution is 2.07. The molecular weight excluding hydrogens is 145 g/mol. The van der Waals surface area contributed by atoms with Crippen molar-refractivity contribution in [1.82, 2.24) is 0 Å². The molecule has 0 fully saturated rings. The highest BCUT2D eigenvalue weighted by Gasteiger charge is 2.20. The van der Waals surface area contributed by atoms with E-state index in [0.29, 0.717) is 0 Å². The van der Waals surface area contributed by atoms with Gasteiger partial charge >= 0.3 is 5.97 Å². The number of ether oxygens (including phenoxy) is 1. The van der Waals surface area contributed by atoms with Crippen LogP contribution in [0.3, 0.4) is 0 Å². The van der Waals surface area contributed by atoms with Gasteiger partial charge in [-0.1, -0.05) is 6.92 Å². The van der Waals surface area contributed by atoms with Gasteiger partial charge in [0.1, 0.15) is 5.60 Å². The van der Waals surface area contributed by atoms with Crippen LogP contribution in [0.4, 0.5) is 0 Å². The van der Waals surface area contributed by atoms with Crippen molar-refractivity contribution in [2.45, 2.75) is 39.7 Å². The van der Waals surface area contributed by atoms with Gasteiger partial charge in [-0.05, 0) is 20.8 Å². The molecule has 0 aliphatic carbocycles. The average Bonchev–Trinajstić information content (AvgIpc) is 1.82. The third kappa shape index (κ3) is 4.53. The fourth-order valence-electron chi connectivity index (χ4n) is 0.479. The van der Waals surface area contributed by atoms with E-state index >= 15 is 0 Å². The number of hydrogen-bond acceptors (Lipinski definition) is 3. The minimum Gasteiger partial charge on any atom is -0.454 e. The molecule has 3 heteroatoms. The minimum atomic E-state index is -0.736. The van der Waals surface area contributed by atoms with Crippen LogP contribution < -0.4 is 0 Å². The number of esters is 1. The Bertz CT molecular complexity index is 165. The summed E-state index contributed by atoms with van der Waals surface area (Å²) in [5.74, 6) is -1.21. The second-order valence-corrected chi connectivity index (χ2v) is 3.28. The van der Waals surface area contributed by atoms with E-state index in [0.717, 1.165) is 0 Å². The van der Waals surface area contributed by atoms with Crippen LogP contribution in [0.5, 0.6) is 0 Å². The van der Waals surface area contributed by atoms with E-state index in [4.69, 9.17) is 4.74 Å². The lowest BCUT2D eigenvalue weighted by atomic mass is 10.2. The number of hydrogen-bond donors (Lipinski definition) is 0. The smallest absolute Gasteiger partial charge is 0.375 e. The normalized spacial score (nSPS) is 10.9. The molecule has 0 spiro atoms. The summed E-state index contributed by atoms with van der Waals surface area (Å²) in [7, 11) is 0. The zero-order chi connectivity index (χ0) is 9.07. The van der Waals surface area contributed by atoms with E-state index in [9.17, 15) is 9.59 Å². The molecule has 0 amide bonds. The molecule has 0 aromatic rings. The number of rotatable bonds is 2. The largest absolute Gasteiger partial charge is 0.454 e. The topological polar surface area (TPSA) is 43.4 Å². The number of ketones is 1. The van der Waals surface area contributed by atoms with E-state index in [1.54, 1.807) is 27.7 Å². The van der Waals surface area contributed by atoms with Gasteiger partial charge < -0.3 is 4.74 Å². The Labute approximate surface area is 66.7 Å². The maximum absolute atomic E-state index is 10.8. The summed E-state index contributed by atoms with van der Waals surface area (Å²) in [5, 5.41) is 0. The van der Waals surface area contributed by atoms with Crippen molar-refractivity contribution in [3.63, 3.8) is 0 Å². The summed E-state index contributed by atoms with van der Waals surface area (Å²) in [6.45, 7) is 6.82. The Hall–Kier alpha value is -0.860. The molecule has 0 aromatic heterocycles. The zero-order valence-electron chi connectivity index (χ0n) is 7.43. The second kappa shape index (κ2) is 3.51. The average molecular weight is 159 g/mol. The molecule has 0 rings (SSSR count). The molecule has 0 aromatic carbocycles. The van der Waals surface area contributed by atoms with Crippen LogP contribution in [-0.2, 0) is 14.3 Å². The number of Topliss-reactive ketones (excluding diaryl/α,β-unsaturated/α-hetero) is 1. The standard InChI is InChI=1S/C8H14O3/c1-5-6(9)7(10)11-8(2,3)4/h5H2,1-4H3/i1+1. The molecule has 0 aliphatic rings. The molecule has 11 heavy (non-hydrogen) atoms. The first-order valence-electron chi connectivity index (χ1n) is 3.63. The summed E-state index contributed by atoms with van der Waals surface area (Å²) in [6.07, 6.45) is 0.203. The van der Waals surface area contributed by atoms with Crippen molar-refractivity contribution in [1.29, 1.82) is 0 Å². The van der Waals surface area contributed by atoms with E-state index in [-0.39, 0.29) is 6.42 Å². The zero-order valence-corrected chi connectivity index (χ0v) is 7.43. The van der Waals surface area contributed by atoms with Crippen LogP contribution in [-0.4, -0.2) is 17.4 Å². The fraction of sp³-hybridized carbons (Fsp3) is 0.750. The van der Waals surface area contributed by atoms with Crippen LogP contribution in [0.15, 0.2) is 0 Å². The van der Waals surface area contributed by atoms with Crippen molar-refractivity contribution in [3.05, 3.63) is 0 Å². The summed E-state index contributed by atoms with van der Waals surface area (Å²) >= 11 is 0. The predicted molar refractivity (Wildman–Crippen MR) is 41.1 cm³/mol. The molecule has 0 N–H and O–H groups in total. The molecule has 3 nitrogen and oxygen atoms in total. The Kier molecular flexibility index (Phi) is 3.23. The van der Waals surface area contributed by atoms with Gasteiger partial charge in [-0.25, -0.2) is 4.79 Å². The number of carbonyl (C=O) groups is 2. The first-order valence-corrected chi connectivity index (χ1v) is 3.63. The van der Waals surface area contributed by atoms with Gasteiger partial charge in [0.05, 0.1) is 0 Å². The fourth-order valence-corrected chi connectivity index (χ4v) is 0.479. The molecule has 0 atom stereocenters. The maximum atomic E-state index is 10.8. The van der Waals surface area contributed by atoms with Crippen LogP contribution in [0.25, 0.3) is 0 Å². The SMILES string of the molecule is CC(C)(C)OC(=O)C(=O)C[13CH3]. The molecule has 0 bridgehead atoms. The van der Waals surface area contributed by atoms with Gasteiger partial charge in [0.15, 0.2) is 0 Å². The maximum Gasteiger partial charge on any atom is 0.375 e. The lowest BCUT2D eigenvalue weighted by molar-refractivity contribution is -0.162. The minimum absolute atomic E-state index is 0.203. The molecule has 0 saturated carbocycles. The van der Waals surface area contributed by atoms with Gasteiger partial charge in [0.25, 0.3) is 0 Å². The molecule has 0 saturated heterocycles. The highest BCUT2D eigenvalue weighted by atomic mass is 16.6. The van der Waals surface area contributed by atoms with Crippen LogP contribution in [0.2, 0.25) is 0 Å². The van der Waals surface area contributed by atoms with Crippen molar-refractivity contribution in [3.8, 4) is 0 Å². The van der Waals surface area contributed by atoms with Crippen LogP contribution in [0.1, 0.15) is 34.1 Å². The van der Waals surface area contributed by atoms with Crippen LogP contribution in [0, 0.1) is 0 Å². The molecular formula is C8H14O3. The lowest BCUT2D eigenvalue weighted by Gasteiger charge is -2.18. The van der Waals surface area contributed by atoms with Crippen molar-refractivity contribution in [2.75, 3.05) is 0 Å². The molecule has 0 radical (unpaired) electrons. The summed E-state index contributed by atoms with van der Waals surface area (Å²) < 4.78 is 4.80. The van der Waals surface area contributed by atoms with E-state index in [1.807, 2.05) is 0 Å². The van der Waals surface area contributed by atoms with Crippen LogP contribution >= 0.6 is 0 Å². The Balaban J connectivity index is 3.99. The van der Waals surface area contributed by atoms with Crippen molar-refractivity contribution >= 4 is 11.8 Å². The Morgan fingerprint density at radius 1 is 1.27 bits per heavy atom. The predicted octanol–water partition coefficient (Wildman–Crippen LogP) is 1.31. The third-order valence-electron chi connectivity index (χ3n) is 0.948. The molecule has 64 valence electrons. The first-order chi connectivity index (χ1) is 4.87. The van der Waals surface area contributed by atoms with E-state index < -0.39 is 17.4 Å². The highest BCUT2D eigenvalue weighted by molar-refractivity contribution is 6.33. The summed E-state index contributed by atoms with van der Waals surface area (Å²) in [6, 6.07) is 0. The first kappa shape index (κ1) is 10.1. The van der Waals surface area contributed by atoms with Crippen molar-refractivity contribution in [2.24, 2.45) is 0 Å². The second-order valence-electron chi connectivity index (χ2n) is 3.28. The molecule has 0 unspecified atom stereocenters. The van der Waals surface area contributed by atoms with Gasteiger partial charge in [-0.3, -0.25) is 4.79 Å². The van der Waals surface area contributed by atoms with E-state index in [2.05, 4.69) is 0 Å². The van der Waals surface area contributed by atoms with Crippen molar-refractivity contribution < 1.29 is 14.3 Å². The van der Waals surface area contributed by atoms with E-state index in [1.165, 1.54) is 0 Å². The quantitative estimate of drug-likeness (QED) is 0.346. The van der Waals surface area contributed by atoms with Gasteiger partial charge in [-0.2, -0.15) is 0 Å². The summed E-state index contributed by atoms with van der Waals surface area (Å²) in [5.41, 5.74) is -0.568. The Morgan fingerprint density at radius 3 is 2.00 bits per heavy atom. The van der Waals surface area contributed by atoms with Gasteiger partial charge in [0, 0.05) is 6.42 Å². The lowest BCUT2D eigenvalue weighted by Crippen LogP contribution is -2.28. The number of carbonyl (C=O) groups excluding carboxylic acids is 2. The van der Waals surface area contributed by atoms with Gasteiger partial charge in [-0.15, -0.1) is 0 Å². The third-order valence-corrected chi connectivity index (χ3v) is 0.948. The van der Waals surface area contributed by atoms with Gasteiger partial charge in [0.2, 0.25) is 5.78 Å². The summed E-state index contributed by atoms with van der Waals surface area (Å²) in [4.78, 5) is 21.5. The molecule has 0 aliphatic heterocycles. The molecule has 0 heterocycles. The Morgan fingerprint density at radius 2 is 1.73 bits per heavy atom. The monoisotopic (exact) mass is 159 g/mol.